The van der Waals surface area contributed by atoms with Crippen molar-refractivity contribution >= 4 is 23.1 Å². The molecule has 1 fully saturated rings. The minimum absolute atomic E-state index is 0.622. The summed E-state index contributed by atoms with van der Waals surface area (Å²) in [4.78, 5) is 0. The maximum absolute atomic E-state index is 4.30. The first kappa shape index (κ1) is 12.3. The second kappa shape index (κ2) is 5.98. The summed E-state index contributed by atoms with van der Waals surface area (Å²) < 4.78 is 0. The molecule has 3 nitrogen and oxygen atoms in total. The number of hydrogen-bond acceptors (Lipinski definition) is 5. The minimum Gasteiger partial charge on any atom is -0.310 e. The van der Waals surface area contributed by atoms with Crippen molar-refractivity contribution in [3.8, 4) is 0 Å². The third-order valence-electron chi connectivity index (χ3n) is 2.52. The molecule has 1 aromatic heterocycles. The molecule has 1 N–H and O–H groups in total. The van der Waals surface area contributed by atoms with Crippen LogP contribution in [0.3, 0.4) is 0 Å². The maximum atomic E-state index is 4.30. The predicted octanol–water partition coefficient (Wildman–Crippen LogP) is 2.85. The van der Waals surface area contributed by atoms with Gasteiger partial charge in [0.2, 0.25) is 0 Å². The highest BCUT2D eigenvalue weighted by Crippen LogP contribution is 2.40. The van der Waals surface area contributed by atoms with E-state index in [4.69, 9.17) is 0 Å². The van der Waals surface area contributed by atoms with Gasteiger partial charge < -0.3 is 5.32 Å². The van der Waals surface area contributed by atoms with Crippen LogP contribution in [0.4, 0.5) is 0 Å². The molecule has 2 heterocycles. The van der Waals surface area contributed by atoms with Crippen LogP contribution >= 0.6 is 23.1 Å². The van der Waals surface area contributed by atoms with Crippen LogP contribution in [0.15, 0.2) is 0 Å². The fraction of sp³-hybridized carbons (Fsp3) is 0.818. The summed E-state index contributed by atoms with van der Waals surface area (Å²) in [5.41, 5.74) is 0. The van der Waals surface area contributed by atoms with Gasteiger partial charge in [-0.05, 0) is 31.1 Å². The summed E-state index contributed by atoms with van der Waals surface area (Å²) in [6.07, 6.45) is 2.61. The van der Waals surface area contributed by atoms with E-state index in [1.165, 1.54) is 23.6 Å². The molecule has 90 valence electrons. The fourth-order valence-corrected chi connectivity index (χ4v) is 4.03. The smallest absolute Gasteiger partial charge is 0.131 e. The van der Waals surface area contributed by atoms with Crippen molar-refractivity contribution in [3.63, 3.8) is 0 Å². The van der Waals surface area contributed by atoms with E-state index in [0.29, 0.717) is 11.2 Å². The van der Waals surface area contributed by atoms with Crippen molar-refractivity contribution in [1.82, 2.24) is 15.5 Å². The molecule has 5 heteroatoms. The predicted molar refractivity (Wildman–Crippen MR) is 70.9 cm³/mol. The summed E-state index contributed by atoms with van der Waals surface area (Å²) >= 11 is 3.80. The monoisotopic (exact) mass is 257 g/mol. The van der Waals surface area contributed by atoms with E-state index in [1.807, 2.05) is 11.8 Å². The van der Waals surface area contributed by atoms with E-state index < -0.39 is 0 Å². The first-order chi connectivity index (χ1) is 7.75. The lowest BCUT2D eigenvalue weighted by Gasteiger charge is -2.04. The second-order valence-electron chi connectivity index (χ2n) is 4.56. The number of nitrogens with one attached hydrogen (secondary N) is 1. The highest BCUT2D eigenvalue weighted by molar-refractivity contribution is 7.99. The average molecular weight is 257 g/mol. The number of thioether (sulfide) groups is 1. The molecule has 1 aromatic rings. The van der Waals surface area contributed by atoms with Gasteiger partial charge in [-0.3, -0.25) is 0 Å². The van der Waals surface area contributed by atoms with E-state index in [0.717, 1.165) is 18.1 Å². The van der Waals surface area contributed by atoms with Crippen molar-refractivity contribution < 1.29 is 0 Å². The average Bonchev–Trinajstić information content (AvgIpc) is 2.85. The van der Waals surface area contributed by atoms with Crippen molar-refractivity contribution in [3.05, 3.63) is 10.0 Å². The molecule has 0 saturated carbocycles. The van der Waals surface area contributed by atoms with E-state index >= 15 is 0 Å². The zero-order chi connectivity index (χ0) is 11.4. The number of rotatable bonds is 5. The zero-order valence-corrected chi connectivity index (χ0v) is 11.5. The van der Waals surface area contributed by atoms with Gasteiger partial charge in [0.1, 0.15) is 10.0 Å². The van der Waals surface area contributed by atoms with Crippen LogP contribution in [0.5, 0.6) is 0 Å². The topological polar surface area (TPSA) is 37.8 Å². The van der Waals surface area contributed by atoms with E-state index in [1.54, 1.807) is 11.3 Å². The number of aromatic nitrogens is 2. The lowest BCUT2D eigenvalue weighted by Crippen LogP contribution is -2.18. The van der Waals surface area contributed by atoms with Gasteiger partial charge in [-0.2, -0.15) is 11.8 Å². The summed E-state index contributed by atoms with van der Waals surface area (Å²) in [5.74, 6) is 1.98. The van der Waals surface area contributed by atoms with Gasteiger partial charge in [-0.15, -0.1) is 10.2 Å². The normalized spacial score (nSPS) is 20.8. The van der Waals surface area contributed by atoms with Crippen LogP contribution in [0, 0.1) is 5.92 Å². The molecule has 1 saturated heterocycles. The van der Waals surface area contributed by atoms with Gasteiger partial charge in [0, 0.05) is 6.54 Å². The van der Waals surface area contributed by atoms with E-state index in [-0.39, 0.29) is 0 Å². The van der Waals surface area contributed by atoms with Crippen LogP contribution in [0.25, 0.3) is 0 Å². The first-order valence-corrected chi connectivity index (χ1v) is 7.77. The third-order valence-corrected chi connectivity index (χ3v) is 5.09. The lowest BCUT2D eigenvalue weighted by atomic mass is 10.2. The molecule has 0 spiro atoms. The molecule has 0 aromatic carbocycles. The second-order valence-corrected chi connectivity index (χ2v) is 6.96. The van der Waals surface area contributed by atoms with Crippen LogP contribution < -0.4 is 5.32 Å². The van der Waals surface area contributed by atoms with Gasteiger partial charge in [0.15, 0.2) is 0 Å². The lowest BCUT2D eigenvalue weighted by molar-refractivity contribution is 0.550. The Morgan fingerprint density at radius 3 is 3.00 bits per heavy atom. The maximum Gasteiger partial charge on any atom is 0.131 e. The molecule has 1 aliphatic rings. The van der Waals surface area contributed by atoms with Crippen molar-refractivity contribution in [2.75, 3.05) is 12.3 Å². The molecule has 0 radical (unpaired) electrons. The van der Waals surface area contributed by atoms with Gasteiger partial charge in [-0.1, -0.05) is 25.2 Å². The first-order valence-electron chi connectivity index (χ1n) is 5.90. The molecular weight excluding hydrogens is 238 g/mol. The van der Waals surface area contributed by atoms with Crippen LogP contribution in [-0.4, -0.2) is 22.5 Å². The quantitative estimate of drug-likeness (QED) is 0.880. The Bertz CT molecular complexity index is 319. The summed E-state index contributed by atoms with van der Waals surface area (Å²) in [6, 6.07) is 0. The van der Waals surface area contributed by atoms with Crippen LogP contribution in [0.2, 0.25) is 0 Å². The summed E-state index contributed by atoms with van der Waals surface area (Å²) in [5, 5.41) is 14.9. The molecule has 1 atom stereocenters. The molecule has 16 heavy (non-hydrogen) atoms. The molecule has 0 aliphatic carbocycles. The highest BCUT2D eigenvalue weighted by atomic mass is 32.2. The minimum atomic E-state index is 0.622. The van der Waals surface area contributed by atoms with Crippen molar-refractivity contribution in [1.29, 1.82) is 0 Å². The van der Waals surface area contributed by atoms with Crippen molar-refractivity contribution in [2.24, 2.45) is 5.92 Å². The van der Waals surface area contributed by atoms with Gasteiger partial charge in [0.25, 0.3) is 0 Å². The molecule has 0 bridgehead atoms. The Kier molecular flexibility index (Phi) is 4.61. The van der Waals surface area contributed by atoms with Gasteiger partial charge in [-0.25, -0.2) is 0 Å². The Morgan fingerprint density at radius 2 is 2.31 bits per heavy atom. The van der Waals surface area contributed by atoms with Crippen molar-refractivity contribution in [2.45, 2.75) is 38.5 Å². The number of nitrogens with zero attached hydrogens (tertiary/aromatic N) is 2. The SMILES string of the molecule is CC(C)CNCc1nnc(C2CCCS2)s1. The largest absolute Gasteiger partial charge is 0.310 e. The van der Waals surface area contributed by atoms with Crippen LogP contribution in [-0.2, 0) is 6.54 Å². The molecule has 1 aliphatic heterocycles. The van der Waals surface area contributed by atoms with E-state index in [9.17, 15) is 0 Å². The molecule has 2 rings (SSSR count). The Morgan fingerprint density at radius 1 is 1.44 bits per heavy atom. The summed E-state index contributed by atoms with van der Waals surface area (Å²) in [7, 11) is 0. The Hall–Kier alpha value is -0.130. The highest BCUT2D eigenvalue weighted by Gasteiger charge is 2.21. The molecule has 1 unspecified atom stereocenters. The molecular formula is C11H19N3S2. The van der Waals surface area contributed by atoms with Gasteiger partial charge >= 0.3 is 0 Å². The zero-order valence-electron chi connectivity index (χ0n) is 9.90. The van der Waals surface area contributed by atoms with Crippen LogP contribution in [0.1, 0.15) is 42.0 Å². The Balaban J connectivity index is 1.82. The fourth-order valence-electron chi connectivity index (χ4n) is 1.71. The third kappa shape index (κ3) is 3.43. The standard InChI is InChI=1S/C11H19N3S2/c1-8(2)6-12-7-10-13-14-11(16-10)9-4-3-5-15-9/h8-9,12H,3-7H2,1-2H3. The summed E-state index contributed by atoms with van der Waals surface area (Å²) in [6.45, 7) is 6.35. The number of hydrogen-bond donors (Lipinski definition) is 1. The van der Waals surface area contributed by atoms with E-state index in [2.05, 4.69) is 29.4 Å². The molecule has 0 amide bonds. The Labute approximate surface area is 105 Å². The van der Waals surface area contributed by atoms with Gasteiger partial charge in [0.05, 0.1) is 5.25 Å².